The number of nitrogens with two attached hydrogens (primary N) is 1. The van der Waals surface area contributed by atoms with Crippen molar-refractivity contribution in [3.8, 4) is 0 Å². The number of hydrogen-bond acceptors (Lipinski definition) is 4. The molecule has 0 unspecified atom stereocenters. The average Bonchev–Trinajstić information content (AvgIpc) is 2.96. The molecule has 0 saturated heterocycles. The Kier molecular flexibility index (Phi) is 5.77. The van der Waals surface area contributed by atoms with Crippen molar-refractivity contribution in [2.45, 2.75) is 46.6 Å². The molecule has 1 aliphatic rings. The van der Waals surface area contributed by atoms with Crippen LogP contribution in [0.2, 0.25) is 0 Å². The first-order valence-electron chi connectivity index (χ1n) is 9.85. The van der Waals surface area contributed by atoms with Crippen molar-refractivity contribution in [2.75, 3.05) is 5.32 Å². The third-order valence-electron chi connectivity index (χ3n) is 5.37. The Hall–Kier alpha value is -3.09. The topological polar surface area (TPSA) is 109 Å². The van der Waals surface area contributed by atoms with E-state index in [1.165, 1.54) is 0 Å². The van der Waals surface area contributed by atoms with Gasteiger partial charge in [-0.2, -0.15) is 5.10 Å². The van der Waals surface area contributed by atoms with Gasteiger partial charge in [0.1, 0.15) is 0 Å². The Morgan fingerprint density at radius 2 is 2.14 bits per heavy atom. The minimum absolute atomic E-state index is 0.183. The van der Waals surface area contributed by atoms with Crippen molar-refractivity contribution in [1.29, 1.82) is 5.41 Å². The normalized spacial score (nSPS) is 15.9. The fourth-order valence-electron chi connectivity index (χ4n) is 3.72. The molecular formula is C22H30N6O. The highest BCUT2D eigenvalue weighted by atomic mass is 16.2. The zero-order chi connectivity index (χ0) is 21.2. The summed E-state index contributed by atoms with van der Waals surface area (Å²) in [5.74, 6) is 0. The summed E-state index contributed by atoms with van der Waals surface area (Å²) in [6, 6.07) is 7.05. The van der Waals surface area contributed by atoms with Crippen LogP contribution in [0.25, 0.3) is 0 Å². The van der Waals surface area contributed by atoms with Crippen LogP contribution in [0.4, 0.5) is 10.5 Å². The van der Waals surface area contributed by atoms with E-state index in [1.54, 1.807) is 4.68 Å². The van der Waals surface area contributed by atoms with E-state index in [1.807, 2.05) is 44.4 Å². The van der Waals surface area contributed by atoms with Gasteiger partial charge in [0, 0.05) is 42.3 Å². The number of carbonyl (C=O) groups excluding carboxylic acids is 1. The molecule has 154 valence electrons. The molecular weight excluding hydrogens is 364 g/mol. The first-order chi connectivity index (χ1) is 13.6. The molecule has 7 nitrogen and oxygen atoms in total. The van der Waals surface area contributed by atoms with Gasteiger partial charge in [0.05, 0.1) is 11.4 Å². The molecule has 0 aliphatic heterocycles. The fraction of sp³-hybridized carbons (Fsp3) is 0.409. The van der Waals surface area contributed by atoms with Crippen LogP contribution >= 0.6 is 0 Å². The smallest absolute Gasteiger partial charge is 0.319 e. The minimum atomic E-state index is -0.296. The van der Waals surface area contributed by atoms with Crippen molar-refractivity contribution >= 4 is 17.4 Å². The molecule has 0 radical (unpaired) electrons. The van der Waals surface area contributed by atoms with Crippen LogP contribution in [0.3, 0.4) is 0 Å². The number of nitrogens with one attached hydrogen (secondary N) is 3. The lowest BCUT2D eigenvalue weighted by Gasteiger charge is -2.31. The first kappa shape index (κ1) is 20.6. The number of aryl methyl sites for hydroxylation is 2. The lowest BCUT2D eigenvalue weighted by molar-refractivity contribution is 0.251. The largest absolute Gasteiger partial charge is 0.402 e. The Morgan fingerprint density at radius 1 is 1.38 bits per heavy atom. The lowest BCUT2D eigenvalue weighted by atomic mass is 9.75. The van der Waals surface area contributed by atoms with E-state index < -0.39 is 0 Å². The SMILES string of the molecule is Cc1nn(C)cc1CNC(=O)Nc1cccc(C(=N)C2=C(N)CC(C)(C)CC2)c1. The summed E-state index contributed by atoms with van der Waals surface area (Å²) >= 11 is 0. The number of rotatable bonds is 5. The Morgan fingerprint density at radius 3 is 2.79 bits per heavy atom. The van der Waals surface area contributed by atoms with Gasteiger partial charge < -0.3 is 16.4 Å². The highest BCUT2D eigenvalue weighted by Gasteiger charge is 2.27. The van der Waals surface area contributed by atoms with E-state index in [0.29, 0.717) is 17.9 Å². The van der Waals surface area contributed by atoms with Crippen LogP contribution in [0.15, 0.2) is 41.7 Å². The second-order valence-corrected chi connectivity index (χ2v) is 8.52. The Bertz CT molecular complexity index is 969. The Balaban J connectivity index is 1.65. The number of benzene rings is 1. The average molecular weight is 395 g/mol. The van der Waals surface area contributed by atoms with E-state index in [2.05, 4.69) is 29.6 Å². The number of nitrogens with zero attached hydrogens (tertiary/aromatic N) is 2. The summed E-state index contributed by atoms with van der Waals surface area (Å²) in [5, 5.41) is 18.6. The van der Waals surface area contributed by atoms with Crippen LogP contribution in [-0.2, 0) is 13.6 Å². The second-order valence-electron chi connectivity index (χ2n) is 8.52. The monoisotopic (exact) mass is 394 g/mol. The molecule has 29 heavy (non-hydrogen) atoms. The van der Waals surface area contributed by atoms with Gasteiger partial charge in [0.2, 0.25) is 0 Å². The molecule has 0 spiro atoms. The maximum Gasteiger partial charge on any atom is 0.319 e. The van der Waals surface area contributed by atoms with Gasteiger partial charge in [-0.3, -0.25) is 10.1 Å². The molecule has 0 saturated carbocycles. The molecule has 1 aromatic carbocycles. The molecule has 7 heteroatoms. The molecule has 1 heterocycles. The number of hydrogen-bond donors (Lipinski definition) is 4. The van der Waals surface area contributed by atoms with Gasteiger partial charge >= 0.3 is 6.03 Å². The molecule has 5 N–H and O–H groups in total. The summed E-state index contributed by atoms with van der Waals surface area (Å²) in [5.41, 5.74) is 11.9. The number of amides is 2. The van der Waals surface area contributed by atoms with Gasteiger partial charge in [-0.05, 0) is 49.3 Å². The highest BCUT2D eigenvalue weighted by Crippen LogP contribution is 2.37. The molecule has 2 aromatic rings. The van der Waals surface area contributed by atoms with Crippen molar-refractivity contribution < 1.29 is 4.79 Å². The van der Waals surface area contributed by atoms with Crippen molar-refractivity contribution in [2.24, 2.45) is 18.2 Å². The molecule has 1 aromatic heterocycles. The molecule has 0 bridgehead atoms. The van der Waals surface area contributed by atoms with Gasteiger partial charge in [-0.25, -0.2) is 4.79 Å². The predicted octanol–water partition coefficient (Wildman–Crippen LogP) is 3.84. The van der Waals surface area contributed by atoms with E-state index in [-0.39, 0.29) is 11.4 Å². The third-order valence-corrected chi connectivity index (χ3v) is 5.37. The summed E-state index contributed by atoms with van der Waals surface area (Å²) in [4.78, 5) is 12.3. The maximum absolute atomic E-state index is 12.3. The van der Waals surface area contributed by atoms with E-state index >= 15 is 0 Å². The number of anilines is 1. The van der Waals surface area contributed by atoms with Gasteiger partial charge in [-0.15, -0.1) is 0 Å². The molecule has 0 atom stereocenters. The van der Waals surface area contributed by atoms with E-state index in [4.69, 9.17) is 11.1 Å². The first-order valence-corrected chi connectivity index (χ1v) is 9.85. The molecule has 3 rings (SSSR count). The van der Waals surface area contributed by atoms with Crippen LogP contribution in [-0.4, -0.2) is 21.5 Å². The van der Waals surface area contributed by atoms with Gasteiger partial charge in [0.25, 0.3) is 0 Å². The van der Waals surface area contributed by atoms with Crippen molar-refractivity contribution in [3.63, 3.8) is 0 Å². The van der Waals surface area contributed by atoms with Gasteiger partial charge in [-0.1, -0.05) is 26.0 Å². The van der Waals surface area contributed by atoms with Crippen molar-refractivity contribution in [3.05, 3.63) is 58.6 Å². The summed E-state index contributed by atoms with van der Waals surface area (Å²) in [6.45, 7) is 6.73. The standard InChI is InChI=1S/C22H30N6O/c1-14-16(13-28(4)27-14)12-25-21(29)26-17-7-5-6-15(10-17)20(24)18-8-9-22(2,3)11-19(18)23/h5-7,10,13,24H,8-9,11-12,23H2,1-4H3,(H2,25,26,29). The lowest BCUT2D eigenvalue weighted by Crippen LogP contribution is -2.28. The zero-order valence-corrected chi connectivity index (χ0v) is 17.6. The fourth-order valence-corrected chi connectivity index (χ4v) is 3.72. The highest BCUT2D eigenvalue weighted by molar-refractivity contribution is 6.11. The van der Waals surface area contributed by atoms with Gasteiger partial charge in [0.15, 0.2) is 0 Å². The quantitative estimate of drug-likeness (QED) is 0.578. The number of urea groups is 1. The maximum atomic E-state index is 12.3. The summed E-state index contributed by atoms with van der Waals surface area (Å²) in [7, 11) is 1.85. The van der Waals surface area contributed by atoms with E-state index in [0.717, 1.165) is 47.4 Å². The molecule has 2 amide bonds. The Labute approximate surface area is 171 Å². The number of aromatic nitrogens is 2. The molecule has 1 aliphatic carbocycles. The summed E-state index contributed by atoms with van der Waals surface area (Å²) in [6.07, 6.45) is 4.51. The van der Waals surface area contributed by atoms with Crippen molar-refractivity contribution in [1.82, 2.24) is 15.1 Å². The van der Waals surface area contributed by atoms with Crippen LogP contribution < -0.4 is 16.4 Å². The second kappa shape index (κ2) is 8.11. The van der Waals surface area contributed by atoms with E-state index in [9.17, 15) is 4.79 Å². The zero-order valence-electron chi connectivity index (χ0n) is 17.6. The third kappa shape index (κ3) is 5.04. The number of allylic oxidation sites excluding steroid dienone is 2. The summed E-state index contributed by atoms with van der Waals surface area (Å²) < 4.78 is 1.73. The molecule has 0 fully saturated rings. The van der Waals surface area contributed by atoms with Crippen LogP contribution in [0.1, 0.15) is 49.9 Å². The predicted molar refractivity (Wildman–Crippen MR) is 116 cm³/mol. The van der Waals surface area contributed by atoms with Crippen LogP contribution in [0, 0.1) is 17.7 Å². The number of carbonyl (C=O) groups is 1. The van der Waals surface area contributed by atoms with Crippen LogP contribution in [0.5, 0.6) is 0 Å². The minimum Gasteiger partial charge on any atom is -0.402 e.